The standard InChI is InChI=1S/C21H27NO.ClH/c1-2-3-4-6-18-9-13-21(14-10-18)23-16-5-15-22-17-19-7-11-20(22)12-8-19;/h2,9-10,13-14,19-20H,1,3,5,7-8,11-12,15-17H2;1H. The van der Waals surface area contributed by atoms with E-state index in [-0.39, 0.29) is 12.4 Å². The largest absolute Gasteiger partial charge is 0.494 e. The normalized spacial score (nSPS) is 22.2. The maximum Gasteiger partial charge on any atom is 0.119 e. The molecule has 0 aromatic heterocycles. The number of halogens is 1. The highest BCUT2D eigenvalue weighted by atomic mass is 35.5. The van der Waals surface area contributed by atoms with Crippen LogP contribution in [0.5, 0.6) is 5.75 Å². The van der Waals surface area contributed by atoms with Crippen LogP contribution < -0.4 is 4.74 Å². The van der Waals surface area contributed by atoms with Crippen LogP contribution in [0.4, 0.5) is 0 Å². The van der Waals surface area contributed by atoms with Crippen molar-refractivity contribution in [3.63, 3.8) is 0 Å². The fourth-order valence-electron chi connectivity index (χ4n) is 3.76. The van der Waals surface area contributed by atoms with Crippen LogP contribution in [-0.2, 0) is 0 Å². The third kappa shape index (κ3) is 5.30. The predicted molar refractivity (Wildman–Crippen MR) is 103 cm³/mol. The van der Waals surface area contributed by atoms with Crippen molar-refractivity contribution in [2.45, 2.75) is 44.6 Å². The molecular formula is C21H28ClNO. The molecule has 1 saturated carbocycles. The zero-order valence-corrected chi connectivity index (χ0v) is 15.2. The molecule has 3 aliphatic rings. The highest BCUT2D eigenvalue weighted by Crippen LogP contribution is 2.34. The number of allylic oxidation sites excluding steroid dienone is 1. The second kappa shape index (κ2) is 9.77. The third-order valence-corrected chi connectivity index (χ3v) is 5.02. The van der Waals surface area contributed by atoms with Crippen molar-refractivity contribution in [1.82, 2.24) is 4.90 Å². The molecular weight excluding hydrogens is 318 g/mol. The second-order valence-electron chi connectivity index (χ2n) is 6.69. The topological polar surface area (TPSA) is 12.5 Å². The number of ether oxygens (including phenoxy) is 1. The molecule has 2 aliphatic heterocycles. The molecule has 2 heterocycles. The first-order valence-electron chi connectivity index (χ1n) is 8.92. The quantitative estimate of drug-likeness (QED) is 0.421. The van der Waals surface area contributed by atoms with E-state index in [2.05, 4.69) is 23.3 Å². The minimum atomic E-state index is 0. The van der Waals surface area contributed by atoms with E-state index in [4.69, 9.17) is 4.74 Å². The van der Waals surface area contributed by atoms with Crippen LogP contribution in [0.3, 0.4) is 0 Å². The van der Waals surface area contributed by atoms with E-state index in [9.17, 15) is 0 Å². The summed E-state index contributed by atoms with van der Waals surface area (Å²) in [5.41, 5.74) is 1.03. The molecule has 24 heavy (non-hydrogen) atoms. The number of piperidine rings is 2. The molecule has 1 aromatic rings. The number of benzene rings is 1. The van der Waals surface area contributed by atoms with Gasteiger partial charge in [-0.1, -0.05) is 17.9 Å². The summed E-state index contributed by atoms with van der Waals surface area (Å²) in [6, 6.07) is 8.93. The van der Waals surface area contributed by atoms with Gasteiger partial charge in [-0.25, -0.2) is 0 Å². The van der Waals surface area contributed by atoms with Crippen molar-refractivity contribution in [1.29, 1.82) is 0 Å². The van der Waals surface area contributed by atoms with Gasteiger partial charge in [-0.15, -0.1) is 19.0 Å². The number of hydrogen-bond donors (Lipinski definition) is 0. The Morgan fingerprint density at radius 3 is 2.54 bits per heavy atom. The lowest BCUT2D eigenvalue weighted by molar-refractivity contribution is 0.0452. The number of rotatable bonds is 6. The number of fused-ring (bicyclic) bond motifs is 3. The monoisotopic (exact) mass is 345 g/mol. The lowest BCUT2D eigenvalue weighted by Gasteiger charge is -2.45. The summed E-state index contributed by atoms with van der Waals surface area (Å²) in [6.45, 7) is 6.98. The van der Waals surface area contributed by atoms with Crippen molar-refractivity contribution < 1.29 is 4.74 Å². The minimum absolute atomic E-state index is 0. The first kappa shape index (κ1) is 18.9. The summed E-state index contributed by atoms with van der Waals surface area (Å²) in [4.78, 5) is 2.69. The Kier molecular flexibility index (Phi) is 7.69. The van der Waals surface area contributed by atoms with Crippen molar-refractivity contribution >= 4 is 12.4 Å². The van der Waals surface area contributed by atoms with E-state index >= 15 is 0 Å². The molecule has 1 aliphatic carbocycles. The lowest BCUT2D eigenvalue weighted by atomic mass is 9.80. The fourth-order valence-corrected chi connectivity index (χ4v) is 3.76. The molecule has 2 bridgehead atoms. The van der Waals surface area contributed by atoms with Crippen LogP contribution in [0, 0.1) is 17.8 Å². The van der Waals surface area contributed by atoms with E-state index in [1.807, 2.05) is 30.3 Å². The fraction of sp³-hybridized carbons (Fsp3) is 0.524. The molecule has 4 rings (SSSR count). The average Bonchev–Trinajstić information content (AvgIpc) is 2.61. The maximum absolute atomic E-state index is 5.87. The van der Waals surface area contributed by atoms with E-state index in [0.717, 1.165) is 42.7 Å². The highest BCUT2D eigenvalue weighted by molar-refractivity contribution is 5.85. The van der Waals surface area contributed by atoms with Gasteiger partial charge in [0.25, 0.3) is 0 Å². The van der Waals surface area contributed by atoms with Crippen molar-refractivity contribution in [2.24, 2.45) is 5.92 Å². The van der Waals surface area contributed by atoms with Crippen LogP contribution in [-0.4, -0.2) is 30.6 Å². The number of hydrogen-bond acceptors (Lipinski definition) is 2. The van der Waals surface area contributed by atoms with Crippen LogP contribution in [0.25, 0.3) is 0 Å². The molecule has 2 saturated heterocycles. The molecule has 130 valence electrons. The molecule has 0 unspecified atom stereocenters. The first-order chi connectivity index (χ1) is 11.3. The summed E-state index contributed by atoms with van der Waals surface area (Å²) < 4.78 is 5.87. The molecule has 3 fully saturated rings. The van der Waals surface area contributed by atoms with Crippen LogP contribution in [0.2, 0.25) is 0 Å². The van der Waals surface area contributed by atoms with E-state index in [1.165, 1.54) is 38.8 Å². The Morgan fingerprint density at radius 1 is 1.17 bits per heavy atom. The summed E-state index contributed by atoms with van der Waals surface area (Å²) in [6.07, 6.45) is 9.42. The molecule has 0 amide bonds. The van der Waals surface area contributed by atoms with Gasteiger partial charge in [0.15, 0.2) is 0 Å². The maximum atomic E-state index is 5.87. The second-order valence-corrected chi connectivity index (χ2v) is 6.69. The Balaban J connectivity index is 0.00000208. The van der Waals surface area contributed by atoms with Crippen molar-refractivity contribution in [3.05, 3.63) is 42.5 Å². The predicted octanol–water partition coefficient (Wildman–Crippen LogP) is 4.68. The van der Waals surface area contributed by atoms with Gasteiger partial charge in [0, 0.05) is 31.1 Å². The first-order valence-corrected chi connectivity index (χ1v) is 8.92. The summed E-state index contributed by atoms with van der Waals surface area (Å²) in [5.74, 6) is 8.09. The van der Waals surface area contributed by atoms with E-state index in [0.29, 0.717) is 0 Å². The highest BCUT2D eigenvalue weighted by Gasteiger charge is 2.32. The molecule has 1 aromatic carbocycles. The third-order valence-electron chi connectivity index (χ3n) is 5.02. The van der Waals surface area contributed by atoms with Crippen LogP contribution in [0.15, 0.2) is 36.9 Å². The zero-order valence-electron chi connectivity index (χ0n) is 14.4. The van der Waals surface area contributed by atoms with Crippen molar-refractivity contribution in [3.8, 4) is 17.6 Å². The molecule has 3 heteroatoms. The Labute approximate surface area is 152 Å². The van der Waals surface area contributed by atoms with Crippen molar-refractivity contribution in [2.75, 3.05) is 19.7 Å². The molecule has 0 N–H and O–H groups in total. The van der Waals surface area contributed by atoms with E-state index < -0.39 is 0 Å². The van der Waals surface area contributed by atoms with Crippen LogP contribution in [0.1, 0.15) is 44.1 Å². The van der Waals surface area contributed by atoms with Gasteiger partial charge >= 0.3 is 0 Å². The van der Waals surface area contributed by atoms with Gasteiger partial charge in [0.2, 0.25) is 0 Å². The number of nitrogens with zero attached hydrogens (tertiary/aromatic N) is 1. The van der Waals surface area contributed by atoms with Gasteiger partial charge in [0.05, 0.1) is 6.61 Å². The van der Waals surface area contributed by atoms with Gasteiger partial charge in [0.1, 0.15) is 5.75 Å². The summed E-state index contributed by atoms with van der Waals surface area (Å²) in [5, 5.41) is 0. The molecule has 2 nitrogen and oxygen atoms in total. The van der Waals surface area contributed by atoms with Gasteiger partial charge < -0.3 is 4.74 Å². The van der Waals surface area contributed by atoms with Gasteiger partial charge in [-0.2, -0.15) is 0 Å². The minimum Gasteiger partial charge on any atom is -0.494 e. The van der Waals surface area contributed by atoms with Gasteiger partial charge in [-0.3, -0.25) is 4.90 Å². The lowest BCUT2D eigenvalue weighted by Crippen LogP contribution is -2.48. The Hall–Kier alpha value is -1.43. The van der Waals surface area contributed by atoms with Gasteiger partial charge in [-0.05, 0) is 62.3 Å². The smallest absolute Gasteiger partial charge is 0.119 e. The molecule has 0 atom stereocenters. The average molecular weight is 346 g/mol. The summed E-state index contributed by atoms with van der Waals surface area (Å²) >= 11 is 0. The molecule has 0 radical (unpaired) electrons. The molecule has 0 spiro atoms. The SMILES string of the molecule is C=CCC#Cc1ccc(OCCCN2CC3CCC2CC3)cc1.Cl. The van der Waals surface area contributed by atoms with E-state index in [1.54, 1.807) is 0 Å². The summed E-state index contributed by atoms with van der Waals surface area (Å²) in [7, 11) is 0. The Bertz CT molecular complexity index is 564. The zero-order chi connectivity index (χ0) is 15.9. The Morgan fingerprint density at radius 2 is 1.92 bits per heavy atom. The van der Waals surface area contributed by atoms with Crippen LogP contribution >= 0.6 is 12.4 Å².